The molecule has 0 atom stereocenters. The third-order valence-electron chi connectivity index (χ3n) is 3.59. The van der Waals surface area contributed by atoms with E-state index in [1.807, 2.05) is 11.9 Å². The van der Waals surface area contributed by atoms with Crippen molar-refractivity contribution in [3.63, 3.8) is 0 Å². The maximum absolute atomic E-state index is 12.0. The van der Waals surface area contributed by atoms with Gasteiger partial charge in [-0.1, -0.05) is 0 Å². The number of aliphatic hydroxyl groups excluding tert-OH is 1. The molecule has 1 N–H and O–H groups in total. The smallest absolute Gasteiger partial charge is 0.333 e. The fourth-order valence-corrected chi connectivity index (χ4v) is 2.29. The van der Waals surface area contributed by atoms with Crippen LogP contribution in [-0.2, 0) is 9.59 Å². The maximum atomic E-state index is 12.0. The Morgan fingerprint density at radius 1 is 1.10 bits per heavy atom. The van der Waals surface area contributed by atoms with E-state index in [1.54, 1.807) is 0 Å². The zero-order valence-electron chi connectivity index (χ0n) is 11.7. The van der Waals surface area contributed by atoms with Crippen molar-refractivity contribution in [1.82, 2.24) is 14.7 Å². The van der Waals surface area contributed by atoms with E-state index < -0.39 is 23.6 Å². The quantitative estimate of drug-likeness (QED) is 0.428. The number of hydrogen-bond donors (Lipinski definition) is 1. The number of imide groups is 2. The lowest BCUT2D eigenvalue weighted by molar-refractivity contribution is -0.134. The van der Waals surface area contributed by atoms with Crippen LogP contribution in [0.5, 0.6) is 0 Å². The predicted molar refractivity (Wildman–Crippen MR) is 70.5 cm³/mol. The molecule has 0 bridgehead atoms. The molecule has 0 saturated carbocycles. The van der Waals surface area contributed by atoms with Crippen molar-refractivity contribution >= 4 is 17.8 Å². The average Bonchev–Trinajstić information content (AvgIpc) is 2.80. The molecule has 2 aliphatic rings. The van der Waals surface area contributed by atoms with Crippen molar-refractivity contribution in [2.24, 2.45) is 0 Å². The third-order valence-corrected chi connectivity index (χ3v) is 3.59. The summed E-state index contributed by atoms with van der Waals surface area (Å²) in [5, 5.41) is 10.1. The number of hydrogen-bond acceptors (Lipinski definition) is 5. The highest BCUT2D eigenvalue weighted by Gasteiger charge is 2.40. The van der Waals surface area contributed by atoms with E-state index in [9.17, 15) is 19.5 Å². The van der Waals surface area contributed by atoms with Gasteiger partial charge in [-0.3, -0.25) is 19.4 Å². The fourth-order valence-electron chi connectivity index (χ4n) is 2.29. The summed E-state index contributed by atoms with van der Waals surface area (Å²) in [6.07, 6.45) is 3.17. The number of amides is 4. The van der Waals surface area contributed by atoms with Crippen LogP contribution in [-0.4, -0.2) is 65.3 Å². The summed E-state index contributed by atoms with van der Waals surface area (Å²) >= 11 is 0. The van der Waals surface area contributed by atoms with Gasteiger partial charge in [-0.2, -0.15) is 0 Å². The molecule has 0 spiro atoms. The molecule has 2 rings (SSSR count). The lowest BCUT2D eigenvalue weighted by Crippen LogP contribution is -2.53. The Hall–Kier alpha value is -2.31. The zero-order chi connectivity index (χ0) is 15.0. The van der Waals surface area contributed by atoms with Crippen molar-refractivity contribution in [2.75, 3.05) is 27.7 Å². The summed E-state index contributed by atoms with van der Waals surface area (Å²) in [7, 11) is 4.43. The first-order chi connectivity index (χ1) is 9.34. The molecule has 7 heteroatoms. The molecule has 2 heterocycles. The molecule has 0 unspecified atom stereocenters. The third kappa shape index (κ3) is 2.15. The summed E-state index contributed by atoms with van der Waals surface area (Å²) in [5.74, 6) is -1.96. The topological polar surface area (TPSA) is 81.2 Å². The number of likely N-dealkylation sites (tertiary alicyclic amines) is 1. The molecule has 4 amide bonds. The van der Waals surface area contributed by atoms with Crippen LogP contribution in [0.25, 0.3) is 0 Å². The predicted octanol–water partition coefficient (Wildman–Crippen LogP) is 0.458. The lowest BCUT2D eigenvalue weighted by atomic mass is 10.1. The first-order valence-corrected chi connectivity index (χ1v) is 6.29. The van der Waals surface area contributed by atoms with Gasteiger partial charge in [-0.25, -0.2) is 4.79 Å². The monoisotopic (exact) mass is 279 g/mol. The first kappa shape index (κ1) is 14.1. The number of carbonyl (C=O) groups excluding carboxylic acids is 3. The summed E-state index contributed by atoms with van der Waals surface area (Å²) in [6.45, 7) is 0.870. The molecule has 20 heavy (non-hydrogen) atoms. The highest BCUT2D eigenvalue weighted by Crippen LogP contribution is 2.23. The van der Waals surface area contributed by atoms with Crippen LogP contribution in [0.3, 0.4) is 0 Å². The van der Waals surface area contributed by atoms with Crippen LogP contribution in [0.4, 0.5) is 4.79 Å². The zero-order valence-corrected chi connectivity index (χ0v) is 11.7. The van der Waals surface area contributed by atoms with Crippen molar-refractivity contribution in [3.05, 3.63) is 23.1 Å². The van der Waals surface area contributed by atoms with Crippen LogP contribution in [0.15, 0.2) is 23.1 Å². The minimum absolute atomic E-state index is 0.373. The number of likely N-dealkylation sites (N-methyl/N-ethyl adjacent to an activating group) is 2. The van der Waals surface area contributed by atoms with Crippen molar-refractivity contribution in [3.8, 4) is 0 Å². The van der Waals surface area contributed by atoms with Crippen molar-refractivity contribution in [1.29, 1.82) is 0 Å². The standard InChI is InChI=1S/C13H17N3O4/c1-14-6-4-5-8(14)7-9(17)10-11(18)15(2)13(20)16(3)12(10)19/h7,17H,4-6H2,1-3H3/b8-7-. The summed E-state index contributed by atoms with van der Waals surface area (Å²) in [4.78, 5) is 39.1. The number of barbiturate groups is 1. The van der Waals surface area contributed by atoms with E-state index in [1.165, 1.54) is 20.2 Å². The van der Waals surface area contributed by atoms with E-state index in [-0.39, 0.29) is 5.57 Å². The van der Waals surface area contributed by atoms with Gasteiger partial charge in [0.15, 0.2) is 0 Å². The highest BCUT2D eigenvalue weighted by molar-refractivity contribution is 6.28. The van der Waals surface area contributed by atoms with E-state index in [4.69, 9.17) is 0 Å². The van der Waals surface area contributed by atoms with Crippen molar-refractivity contribution < 1.29 is 19.5 Å². The van der Waals surface area contributed by atoms with E-state index in [0.717, 1.165) is 34.9 Å². The van der Waals surface area contributed by atoms with Crippen LogP contribution in [0, 0.1) is 0 Å². The summed E-state index contributed by atoms with van der Waals surface area (Å²) in [6, 6.07) is -0.706. The van der Waals surface area contributed by atoms with Gasteiger partial charge in [0.2, 0.25) is 0 Å². The van der Waals surface area contributed by atoms with Gasteiger partial charge in [0, 0.05) is 39.5 Å². The van der Waals surface area contributed by atoms with Gasteiger partial charge < -0.3 is 10.0 Å². The van der Waals surface area contributed by atoms with E-state index in [0.29, 0.717) is 0 Å². The molecule has 0 aliphatic carbocycles. The van der Waals surface area contributed by atoms with E-state index in [2.05, 4.69) is 0 Å². The summed E-state index contributed by atoms with van der Waals surface area (Å²) in [5.41, 5.74) is 0.486. The Morgan fingerprint density at radius 3 is 2.10 bits per heavy atom. The van der Waals surface area contributed by atoms with Crippen LogP contribution in [0.1, 0.15) is 12.8 Å². The van der Waals surface area contributed by atoms with Gasteiger partial charge in [-0.15, -0.1) is 0 Å². The second-order valence-electron chi connectivity index (χ2n) is 4.93. The summed E-state index contributed by atoms with van der Waals surface area (Å²) < 4.78 is 0. The number of rotatable bonds is 1. The Labute approximate surface area is 116 Å². The molecule has 0 aromatic carbocycles. The van der Waals surface area contributed by atoms with Gasteiger partial charge in [0.1, 0.15) is 11.3 Å². The molecule has 108 valence electrons. The average molecular weight is 279 g/mol. The Balaban J connectivity index is 2.42. The molecule has 7 nitrogen and oxygen atoms in total. The van der Waals surface area contributed by atoms with Gasteiger partial charge in [-0.05, 0) is 12.8 Å². The number of nitrogens with zero attached hydrogens (tertiary/aromatic N) is 3. The van der Waals surface area contributed by atoms with Crippen LogP contribution >= 0.6 is 0 Å². The minimum Gasteiger partial charge on any atom is -0.507 e. The van der Waals surface area contributed by atoms with Crippen LogP contribution in [0.2, 0.25) is 0 Å². The Morgan fingerprint density at radius 2 is 1.65 bits per heavy atom. The largest absolute Gasteiger partial charge is 0.507 e. The molecule has 0 radical (unpaired) electrons. The lowest BCUT2D eigenvalue weighted by Gasteiger charge is -2.29. The second-order valence-corrected chi connectivity index (χ2v) is 4.93. The fraction of sp³-hybridized carbons (Fsp3) is 0.462. The van der Waals surface area contributed by atoms with Crippen molar-refractivity contribution in [2.45, 2.75) is 12.8 Å². The van der Waals surface area contributed by atoms with Gasteiger partial charge in [0.25, 0.3) is 11.8 Å². The SMILES string of the molecule is CN1C(=O)C(=C(O)/C=C2/CCCN2C)C(=O)N(C)C1=O. The maximum Gasteiger partial charge on any atom is 0.333 e. The first-order valence-electron chi connectivity index (χ1n) is 6.29. The molecular weight excluding hydrogens is 262 g/mol. The molecular formula is C13H17N3O4. The van der Waals surface area contributed by atoms with Gasteiger partial charge in [0.05, 0.1) is 0 Å². The highest BCUT2D eigenvalue weighted by atomic mass is 16.3. The Kier molecular flexibility index (Phi) is 3.52. The second kappa shape index (κ2) is 4.99. The number of carbonyl (C=O) groups is 3. The van der Waals surface area contributed by atoms with Crippen LogP contribution < -0.4 is 0 Å². The Bertz CT molecular complexity index is 524. The number of urea groups is 1. The number of allylic oxidation sites excluding steroid dienone is 2. The number of aliphatic hydroxyl groups is 1. The molecule has 0 aromatic rings. The van der Waals surface area contributed by atoms with Gasteiger partial charge >= 0.3 is 6.03 Å². The normalized spacial score (nSPS) is 22.4. The molecule has 0 aromatic heterocycles. The van der Waals surface area contributed by atoms with E-state index >= 15 is 0 Å². The minimum atomic E-state index is -0.784. The molecule has 2 fully saturated rings. The molecule has 2 aliphatic heterocycles. The molecule has 2 saturated heterocycles.